The number of fused-ring (bicyclic) bond motifs is 1. The summed E-state index contributed by atoms with van der Waals surface area (Å²) in [6.07, 6.45) is 1.06. The number of amides is 1. The second-order valence-corrected chi connectivity index (χ2v) is 6.27. The summed E-state index contributed by atoms with van der Waals surface area (Å²) >= 11 is 0. The Morgan fingerprint density at radius 2 is 2.04 bits per heavy atom. The Bertz CT molecular complexity index is 739. The second kappa shape index (κ2) is 7.14. The molecule has 2 aromatic rings. The van der Waals surface area contributed by atoms with Crippen LogP contribution in [0.1, 0.15) is 16.1 Å². The van der Waals surface area contributed by atoms with Gasteiger partial charge >= 0.3 is 0 Å². The van der Waals surface area contributed by atoms with Crippen LogP contribution in [0, 0.1) is 0 Å². The molecule has 0 atom stereocenters. The summed E-state index contributed by atoms with van der Waals surface area (Å²) in [5, 5.41) is 6.92. The number of morpholine rings is 1. The zero-order chi connectivity index (χ0) is 17.1. The Kier molecular flexibility index (Phi) is 4.56. The standard InChI is InChI=1S/C18H22N4O3/c23-18(16-13-17(20-25-16)22-9-11-24-12-10-22)19-6-8-21-7-5-14-3-1-2-4-15(14)21/h1-4,13H,5-12H2,(H,19,23). The molecule has 132 valence electrons. The predicted molar refractivity (Wildman–Crippen MR) is 94.2 cm³/mol. The number of aromatic nitrogens is 1. The zero-order valence-corrected chi connectivity index (χ0v) is 14.1. The number of rotatable bonds is 5. The first-order chi connectivity index (χ1) is 12.3. The lowest BCUT2D eigenvalue weighted by molar-refractivity contribution is 0.0917. The molecule has 2 aliphatic heterocycles. The van der Waals surface area contributed by atoms with E-state index < -0.39 is 0 Å². The summed E-state index contributed by atoms with van der Waals surface area (Å²) in [4.78, 5) is 16.6. The van der Waals surface area contributed by atoms with Gasteiger partial charge in [-0.05, 0) is 18.1 Å². The number of hydrogen-bond acceptors (Lipinski definition) is 6. The first-order valence-electron chi connectivity index (χ1n) is 8.72. The number of ether oxygens (including phenoxy) is 1. The van der Waals surface area contributed by atoms with Crippen molar-refractivity contribution in [3.63, 3.8) is 0 Å². The van der Waals surface area contributed by atoms with Crippen molar-refractivity contribution < 1.29 is 14.1 Å². The largest absolute Gasteiger partial charge is 0.378 e. The first kappa shape index (κ1) is 16.0. The van der Waals surface area contributed by atoms with Gasteiger partial charge in [0.2, 0.25) is 5.76 Å². The van der Waals surface area contributed by atoms with Gasteiger partial charge in [-0.2, -0.15) is 0 Å². The maximum Gasteiger partial charge on any atom is 0.290 e. The van der Waals surface area contributed by atoms with E-state index in [4.69, 9.17) is 9.26 Å². The predicted octanol–water partition coefficient (Wildman–Crippen LogP) is 1.30. The fourth-order valence-electron chi connectivity index (χ4n) is 3.34. The van der Waals surface area contributed by atoms with Crippen LogP contribution < -0.4 is 15.1 Å². The number of carbonyl (C=O) groups excluding carboxylic acids is 1. The molecular weight excluding hydrogens is 320 g/mol. The summed E-state index contributed by atoms with van der Waals surface area (Å²) < 4.78 is 10.5. The Balaban J connectivity index is 1.29. The lowest BCUT2D eigenvalue weighted by Gasteiger charge is -2.25. The number of carbonyl (C=O) groups is 1. The normalized spacial score (nSPS) is 16.8. The minimum absolute atomic E-state index is 0.223. The molecule has 0 bridgehead atoms. The van der Waals surface area contributed by atoms with Gasteiger partial charge in [0.25, 0.3) is 5.91 Å². The molecule has 1 aromatic carbocycles. The molecule has 0 unspecified atom stereocenters. The highest BCUT2D eigenvalue weighted by molar-refractivity contribution is 5.92. The minimum atomic E-state index is -0.223. The number of hydrogen-bond donors (Lipinski definition) is 1. The third kappa shape index (κ3) is 3.46. The van der Waals surface area contributed by atoms with Gasteiger partial charge in [0.05, 0.1) is 13.2 Å². The molecule has 25 heavy (non-hydrogen) atoms. The number of para-hydroxylation sites is 1. The van der Waals surface area contributed by atoms with E-state index in [9.17, 15) is 4.79 Å². The van der Waals surface area contributed by atoms with Crippen molar-refractivity contribution in [3.05, 3.63) is 41.7 Å². The highest BCUT2D eigenvalue weighted by atomic mass is 16.5. The molecule has 7 heteroatoms. The van der Waals surface area contributed by atoms with E-state index in [2.05, 4.69) is 44.5 Å². The van der Waals surface area contributed by atoms with Crippen molar-refractivity contribution in [2.24, 2.45) is 0 Å². The average Bonchev–Trinajstić information content (AvgIpc) is 3.30. The van der Waals surface area contributed by atoms with Gasteiger partial charge in [0.1, 0.15) is 0 Å². The van der Waals surface area contributed by atoms with E-state index in [1.54, 1.807) is 6.07 Å². The zero-order valence-electron chi connectivity index (χ0n) is 14.1. The minimum Gasteiger partial charge on any atom is -0.378 e. The van der Waals surface area contributed by atoms with Crippen molar-refractivity contribution >= 4 is 17.4 Å². The molecule has 0 saturated carbocycles. The van der Waals surface area contributed by atoms with Crippen LogP contribution in [-0.4, -0.2) is 57.0 Å². The van der Waals surface area contributed by atoms with E-state index in [-0.39, 0.29) is 11.7 Å². The van der Waals surface area contributed by atoms with Crippen LogP contribution in [0.2, 0.25) is 0 Å². The number of nitrogens with zero attached hydrogens (tertiary/aromatic N) is 3. The quantitative estimate of drug-likeness (QED) is 0.883. The third-order valence-corrected chi connectivity index (χ3v) is 4.71. The molecule has 1 aromatic heterocycles. The number of anilines is 2. The van der Waals surface area contributed by atoms with Crippen molar-refractivity contribution in [1.29, 1.82) is 0 Å². The van der Waals surface area contributed by atoms with Crippen LogP contribution in [-0.2, 0) is 11.2 Å². The van der Waals surface area contributed by atoms with Crippen molar-refractivity contribution in [2.45, 2.75) is 6.42 Å². The van der Waals surface area contributed by atoms with Crippen molar-refractivity contribution in [2.75, 3.05) is 55.7 Å². The van der Waals surface area contributed by atoms with Gasteiger partial charge in [-0.25, -0.2) is 0 Å². The van der Waals surface area contributed by atoms with E-state index in [0.717, 1.165) is 32.6 Å². The fraction of sp³-hybridized carbons (Fsp3) is 0.444. The van der Waals surface area contributed by atoms with Crippen LogP contribution in [0.5, 0.6) is 0 Å². The Morgan fingerprint density at radius 3 is 2.92 bits per heavy atom. The van der Waals surface area contributed by atoms with E-state index in [1.807, 2.05) is 0 Å². The molecule has 1 fully saturated rings. The smallest absolute Gasteiger partial charge is 0.290 e. The van der Waals surface area contributed by atoms with Crippen molar-refractivity contribution in [3.8, 4) is 0 Å². The Morgan fingerprint density at radius 1 is 1.20 bits per heavy atom. The molecule has 1 saturated heterocycles. The molecular formula is C18H22N4O3. The lowest BCUT2D eigenvalue weighted by Crippen LogP contribution is -2.36. The lowest BCUT2D eigenvalue weighted by atomic mass is 10.2. The van der Waals surface area contributed by atoms with Crippen LogP contribution in [0.3, 0.4) is 0 Å². The topological polar surface area (TPSA) is 70.8 Å². The maximum atomic E-state index is 12.3. The first-order valence-corrected chi connectivity index (χ1v) is 8.72. The number of benzene rings is 1. The van der Waals surface area contributed by atoms with Gasteiger partial charge in [-0.15, -0.1) is 0 Å². The second-order valence-electron chi connectivity index (χ2n) is 6.27. The molecule has 4 rings (SSSR count). The molecule has 2 aliphatic rings. The van der Waals surface area contributed by atoms with Crippen LogP contribution in [0.25, 0.3) is 0 Å². The van der Waals surface area contributed by atoms with Crippen LogP contribution in [0.4, 0.5) is 11.5 Å². The van der Waals surface area contributed by atoms with E-state index in [1.165, 1.54) is 11.3 Å². The van der Waals surface area contributed by atoms with E-state index in [0.29, 0.717) is 25.6 Å². The molecule has 0 aliphatic carbocycles. The van der Waals surface area contributed by atoms with Crippen LogP contribution >= 0.6 is 0 Å². The molecule has 3 heterocycles. The maximum absolute atomic E-state index is 12.3. The van der Waals surface area contributed by atoms with Gasteiger partial charge in [-0.1, -0.05) is 23.4 Å². The Hall–Kier alpha value is -2.54. The molecule has 0 radical (unpaired) electrons. The average molecular weight is 342 g/mol. The molecule has 7 nitrogen and oxygen atoms in total. The van der Waals surface area contributed by atoms with E-state index >= 15 is 0 Å². The highest BCUT2D eigenvalue weighted by Crippen LogP contribution is 2.26. The summed E-state index contributed by atoms with van der Waals surface area (Å²) in [5.74, 6) is 0.727. The van der Waals surface area contributed by atoms with Gasteiger partial charge in [-0.3, -0.25) is 4.79 Å². The van der Waals surface area contributed by atoms with Gasteiger partial charge in [0, 0.05) is 44.5 Å². The SMILES string of the molecule is O=C(NCCN1CCc2ccccc21)c1cc(N2CCOCC2)no1. The fourth-order valence-corrected chi connectivity index (χ4v) is 3.34. The molecule has 1 amide bonds. The molecule has 1 N–H and O–H groups in total. The molecule has 0 spiro atoms. The highest BCUT2D eigenvalue weighted by Gasteiger charge is 2.20. The number of nitrogens with one attached hydrogen (secondary N) is 1. The van der Waals surface area contributed by atoms with Crippen LogP contribution in [0.15, 0.2) is 34.9 Å². The summed E-state index contributed by atoms with van der Waals surface area (Å²) in [6, 6.07) is 10.1. The summed E-state index contributed by atoms with van der Waals surface area (Å²) in [7, 11) is 0. The Labute approximate surface area is 146 Å². The summed E-state index contributed by atoms with van der Waals surface area (Å²) in [6.45, 7) is 5.23. The van der Waals surface area contributed by atoms with Gasteiger partial charge in [0.15, 0.2) is 5.82 Å². The van der Waals surface area contributed by atoms with Gasteiger partial charge < -0.3 is 24.4 Å². The monoisotopic (exact) mass is 342 g/mol. The third-order valence-electron chi connectivity index (χ3n) is 4.71. The summed E-state index contributed by atoms with van der Waals surface area (Å²) in [5.41, 5.74) is 2.64. The van der Waals surface area contributed by atoms with Crippen molar-refractivity contribution in [1.82, 2.24) is 10.5 Å².